The number of hydrogen-bond acceptors (Lipinski definition) is 4. The number of amides is 1. The van der Waals surface area contributed by atoms with Crippen molar-refractivity contribution in [3.05, 3.63) is 0 Å². The smallest absolute Gasteiger partial charge is 0.304 e. The molecular formula is C8H13NO4. The summed E-state index contributed by atoms with van der Waals surface area (Å²) in [4.78, 5) is 21.6. The predicted octanol–water partition coefficient (Wildman–Crippen LogP) is -0.608. The Morgan fingerprint density at radius 1 is 1.62 bits per heavy atom. The molecule has 1 aliphatic rings. The average Bonchev–Trinajstić information content (AvgIpc) is 1.79. The van der Waals surface area contributed by atoms with Crippen LogP contribution >= 0.6 is 0 Å². The Labute approximate surface area is 76.1 Å². The molecule has 1 saturated heterocycles. The molecule has 0 unspecified atom stereocenters. The summed E-state index contributed by atoms with van der Waals surface area (Å²) in [6.07, 6.45) is -0.690. The monoisotopic (exact) mass is 187 g/mol. The Balaban J connectivity index is 2.62. The number of ether oxygens (including phenoxy) is 1. The first-order chi connectivity index (χ1) is 5.82. The van der Waals surface area contributed by atoms with Crippen molar-refractivity contribution < 1.29 is 19.4 Å². The van der Waals surface area contributed by atoms with Crippen molar-refractivity contribution in [1.82, 2.24) is 5.32 Å². The highest BCUT2D eigenvalue weighted by atomic mass is 16.6. The molecular weight excluding hydrogens is 174 g/mol. The van der Waals surface area contributed by atoms with Gasteiger partial charge in [-0.2, -0.15) is 0 Å². The van der Waals surface area contributed by atoms with E-state index in [2.05, 4.69) is 5.32 Å². The molecule has 0 aliphatic carbocycles. The van der Waals surface area contributed by atoms with Gasteiger partial charge in [-0.1, -0.05) is 0 Å². The second-order valence-corrected chi connectivity index (χ2v) is 3.67. The summed E-state index contributed by atoms with van der Waals surface area (Å²) in [5.41, 5.74) is -1.16. The Morgan fingerprint density at radius 3 is 2.46 bits per heavy atom. The van der Waals surface area contributed by atoms with E-state index in [1.165, 1.54) is 20.8 Å². The zero-order valence-electron chi connectivity index (χ0n) is 7.83. The SMILES string of the molecule is CC(=O)O[C@H]1NC(=O)[C@@H]1C(C)(C)O. The fourth-order valence-corrected chi connectivity index (χ4v) is 1.32. The maximum absolute atomic E-state index is 11.0. The van der Waals surface area contributed by atoms with Gasteiger partial charge >= 0.3 is 5.97 Å². The molecule has 0 radical (unpaired) electrons. The molecule has 0 spiro atoms. The van der Waals surface area contributed by atoms with Gasteiger partial charge in [-0.25, -0.2) is 0 Å². The van der Waals surface area contributed by atoms with Gasteiger partial charge in [-0.05, 0) is 13.8 Å². The van der Waals surface area contributed by atoms with Crippen molar-refractivity contribution in [2.45, 2.75) is 32.6 Å². The van der Waals surface area contributed by atoms with Gasteiger partial charge in [0.15, 0.2) is 6.23 Å². The first-order valence-corrected chi connectivity index (χ1v) is 4.02. The van der Waals surface area contributed by atoms with Crippen LogP contribution in [-0.2, 0) is 14.3 Å². The fraction of sp³-hybridized carbons (Fsp3) is 0.750. The van der Waals surface area contributed by atoms with E-state index >= 15 is 0 Å². The number of nitrogens with one attached hydrogen (secondary N) is 1. The zero-order chi connectivity index (χ0) is 10.2. The van der Waals surface area contributed by atoms with Crippen molar-refractivity contribution in [2.75, 3.05) is 0 Å². The highest BCUT2D eigenvalue weighted by molar-refractivity contribution is 5.87. The molecule has 5 nitrogen and oxygen atoms in total. The summed E-state index contributed by atoms with van der Waals surface area (Å²) in [7, 11) is 0. The predicted molar refractivity (Wildman–Crippen MR) is 43.5 cm³/mol. The molecule has 2 atom stereocenters. The van der Waals surface area contributed by atoms with Crippen molar-refractivity contribution >= 4 is 11.9 Å². The summed E-state index contributed by atoms with van der Waals surface area (Å²) in [6, 6.07) is 0. The quantitative estimate of drug-likeness (QED) is 0.447. The standard InChI is InChI=1S/C8H13NO4/c1-4(10)13-7-5(6(11)9-7)8(2,3)12/h5,7,12H,1-3H3,(H,9,11)/t5-,7+/m0/s1. The largest absolute Gasteiger partial charge is 0.441 e. The summed E-state index contributed by atoms with van der Waals surface area (Å²) in [5.74, 6) is -1.44. The lowest BCUT2D eigenvalue weighted by atomic mass is 9.83. The minimum Gasteiger partial charge on any atom is -0.441 e. The Hall–Kier alpha value is -1.10. The summed E-state index contributed by atoms with van der Waals surface area (Å²) < 4.78 is 4.76. The van der Waals surface area contributed by atoms with Gasteiger partial charge in [0.25, 0.3) is 0 Å². The van der Waals surface area contributed by atoms with E-state index in [1.807, 2.05) is 0 Å². The van der Waals surface area contributed by atoms with Crippen LogP contribution in [0.4, 0.5) is 0 Å². The van der Waals surface area contributed by atoms with Crippen LogP contribution in [0.5, 0.6) is 0 Å². The van der Waals surface area contributed by atoms with Crippen LogP contribution in [0.25, 0.3) is 0 Å². The molecule has 0 aromatic heterocycles. The van der Waals surface area contributed by atoms with Gasteiger partial charge in [0.1, 0.15) is 5.92 Å². The topological polar surface area (TPSA) is 75.6 Å². The molecule has 5 heteroatoms. The number of esters is 1. The molecule has 1 aliphatic heterocycles. The van der Waals surface area contributed by atoms with Gasteiger partial charge in [-0.15, -0.1) is 0 Å². The molecule has 0 aromatic carbocycles. The second kappa shape index (κ2) is 2.99. The van der Waals surface area contributed by atoms with Gasteiger partial charge in [0.2, 0.25) is 5.91 Å². The lowest BCUT2D eigenvalue weighted by Crippen LogP contribution is -2.66. The van der Waals surface area contributed by atoms with E-state index in [0.717, 1.165) is 0 Å². The van der Waals surface area contributed by atoms with Crippen LogP contribution in [-0.4, -0.2) is 28.8 Å². The molecule has 0 saturated carbocycles. The van der Waals surface area contributed by atoms with Crippen molar-refractivity contribution in [1.29, 1.82) is 0 Å². The van der Waals surface area contributed by atoms with Crippen LogP contribution in [0.15, 0.2) is 0 Å². The van der Waals surface area contributed by atoms with Crippen LogP contribution in [0.3, 0.4) is 0 Å². The Morgan fingerprint density at radius 2 is 2.15 bits per heavy atom. The van der Waals surface area contributed by atoms with Gasteiger partial charge in [-0.3, -0.25) is 9.59 Å². The fourth-order valence-electron chi connectivity index (χ4n) is 1.32. The van der Waals surface area contributed by atoms with Crippen molar-refractivity contribution in [3.8, 4) is 0 Å². The van der Waals surface area contributed by atoms with Crippen LogP contribution < -0.4 is 5.32 Å². The van der Waals surface area contributed by atoms with E-state index in [0.29, 0.717) is 0 Å². The van der Waals surface area contributed by atoms with E-state index in [4.69, 9.17) is 4.74 Å². The number of β-lactam (4-membered cyclic amide) rings is 1. The van der Waals surface area contributed by atoms with Crippen molar-refractivity contribution in [2.24, 2.45) is 5.92 Å². The number of hydrogen-bond donors (Lipinski definition) is 2. The van der Waals surface area contributed by atoms with E-state index in [9.17, 15) is 14.7 Å². The van der Waals surface area contributed by atoms with E-state index < -0.39 is 23.7 Å². The average molecular weight is 187 g/mol. The lowest BCUT2D eigenvalue weighted by Gasteiger charge is -2.41. The van der Waals surface area contributed by atoms with Crippen LogP contribution in [0.1, 0.15) is 20.8 Å². The van der Waals surface area contributed by atoms with Gasteiger partial charge < -0.3 is 15.2 Å². The lowest BCUT2D eigenvalue weighted by molar-refractivity contribution is -0.181. The van der Waals surface area contributed by atoms with E-state index in [1.54, 1.807) is 0 Å². The normalized spacial score (nSPS) is 27.5. The van der Waals surface area contributed by atoms with Gasteiger partial charge in [0.05, 0.1) is 5.60 Å². The highest BCUT2D eigenvalue weighted by Crippen LogP contribution is 2.27. The second-order valence-electron chi connectivity index (χ2n) is 3.67. The Kier molecular flexibility index (Phi) is 2.30. The van der Waals surface area contributed by atoms with Crippen LogP contribution in [0.2, 0.25) is 0 Å². The molecule has 74 valence electrons. The summed E-state index contributed by atoms with van der Waals surface area (Å²) in [5, 5.41) is 11.9. The molecule has 13 heavy (non-hydrogen) atoms. The van der Waals surface area contributed by atoms with Crippen molar-refractivity contribution in [3.63, 3.8) is 0 Å². The minimum atomic E-state index is -1.16. The number of rotatable bonds is 2. The molecule has 1 heterocycles. The third kappa shape index (κ3) is 1.98. The molecule has 2 N–H and O–H groups in total. The summed E-state index contributed by atoms with van der Waals surface area (Å²) >= 11 is 0. The molecule has 1 rings (SSSR count). The third-order valence-corrected chi connectivity index (χ3v) is 1.92. The third-order valence-electron chi connectivity index (χ3n) is 1.92. The first kappa shape index (κ1) is 9.98. The Bertz CT molecular complexity index is 243. The summed E-state index contributed by atoms with van der Waals surface area (Å²) in [6.45, 7) is 4.27. The molecule has 1 fully saturated rings. The number of carbonyl (C=O) groups excluding carboxylic acids is 2. The number of carbonyl (C=O) groups is 2. The number of aliphatic hydroxyl groups is 1. The van der Waals surface area contributed by atoms with Gasteiger partial charge in [0, 0.05) is 6.92 Å². The molecule has 1 amide bonds. The highest BCUT2D eigenvalue weighted by Gasteiger charge is 2.50. The minimum absolute atomic E-state index is 0.293. The first-order valence-electron chi connectivity index (χ1n) is 4.02. The molecule has 0 bridgehead atoms. The zero-order valence-corrected chi connectivity index (χ0v) is 7.83. The maximum atomic E-state index is 11.0. The maximum Gasteiger partial charge on any atom is 0.304 e. The van der Waals surface area contributed by atoms with Crippen LogP contribution in [0, 0.1) is 5.92 Å². The molecule has 0 aromatic rings. The van der Waals surface area contributed by atoms with E-state index in [-0.39, 0.29) is 5.91 Å².